The molecule has 0 N–H and O–H groups in total. The van der Waals surface area contributed by atoms with Crippen LogP contribution in [0.1, 0.15) is 38.2 Å². The summed E-state index contributed by atoms with van der Waals surface area (Å²) < 4.78 is 10.00. The molecule has 0 heterocycles. The average Bonchev–Trinajstić information content (AvgIpc) is 2.38. The quantitative estimate of drug-likeness (QED) is 0.561. The van der Waals surface area contributed by atoms with E-state index in [1.807, 2.05) is 30.3 Å². The van der Waals surface area contributed by atoms with Gasteiger partial charge in [0, 0.05) is 19.8 Å². The summed E-state index contributed by atoms with van der Waals surface area (Å²) in [5, 5.41) is 0. The molecule has 0 aliphatic carbocycles. The zero-order valence-electron chi connectivity index (χ0n) is 11.4. The van der Waals surface area contributed by atoms with Crippen molar-refractivity contribution < 1.29 is 19.1 Å². The van der Waals surface area contributed by atoms with Crippen LogP contribution in [0.2, 0.25) is 0 Å². The molecule has 0 bridgehead atoms. The first-order valence-electron chi connectivity index (χ1n) is 6.41. The van der Waals surface area contributed by atoms with Gasteiger partial charge in [0.05, 0.1) is 13.2 Å². The summed E-state index contributed by atoms with van der Waals surface area (Å²) in [6.45, 7) is 3.56. The van der Waals surface area contributed by atoms with Crippen molar-refractivity contribution >= 4 is 11.9 Å². The zero-order chi connectivity index (χ0) is 14.1. The molecule has 0 saturated heterocycles. The van der Waals surface area contributed by atoms with Gasteiger partial charge in [0.2, 0.25) is 0 Å². The topological polar surface area (TPSA) is 52.6 Å². The first-order chi connectivity index (χ1) is 9.09. The maximum atomic E-state index is 10.9. The van der Waals surface area contributed by atoms with Gasteiger partial charge < -0.3 is 9.47 Å². The van der Waals surface area contributed by atoms with Gasteiger partial charge >= 0.3 is 11.9 Å². The second-order valence-electron chi connectivity index (χ2n) is 4.39. The molecule has 0 saturated carbocycles. The first-order valence-corrected chi connectivity index (χ1v) is 6.41. The lowest BCUT2D eigenvalue weighted by molar-refractivity contribution is -0.141. The molecule has 0 aliphatic rings. The van der Waals surface area contributed by atoms with E-state index in [2.05, 4.69) is 0 Å². The fourth-order valence-corrected chi connectivity index (χ4v) is 1.84. The van der Waals surface area contributed by atoms with Gasteiger partial charge in [0.25, 0.3) is 0 Å². The molecule has 0 radical (unpaired) electrons. The number of ether oxygens (including phenoxy) is 2. The largest absolute Gasteiger partial charge is 0.466 e. The van der Waals surface area contributed by atoms with Crippen LogP contribution >= 0.6 is 0 Å². The van der Waals surface area contributed by atoms with Crippen molar-refractivity contribution in [3.63, 3.8) is 0 Å². The Morgan fingerprint density at radius 2 is 1.68 bits per heavy atom. The summed E-state index contributed by atoms with van der Waals surface area (Å²) in [6, 6.07) is 9.90. The van der Waals surface area contributed by atoms with Crippen molar-refractivity contribution in [1.29, 1.82) is 0 Å². The Labute approximate surface area is 113 Å². The zero-order valence-corrected chi connectivity index (χ0v) is 11.4. The molecule has 0 spiro atoms. The Morgan fingerprint density at radius 3 is 2.26 bits per heavy atom. The highest BCUT2D eigenvalue weighted by molar-refractivity contribution is 5.66. The number of hydrogen-bond donors (Lipinski definition) is 0. The van der Waals surface area contributed by atoms with Crippen LogP contribution in [0.3, 0.4) is 0 Å². The lowest BCUT2D eigenvalue weighted by atomic mass is 9.95. The number of hydrogen-bond acceptors (Lipinski definition) is 4. The Morgan fingerprint density at radius 1 is 1.05 bits per heavy atom. The predicted molar refractivity (Wildman–Crippen MR) is 71.7 cm³/mol. The summed E-state index contributed by atoms with van der Waals surface area (Å²) in [5.41, 5.74) is 1.13. The fraction of sp³-hybridized carbons (Fsp3) is 0.467. The maximum absolute atomic E-state index is 10.9. The van der Waals surface area contributed by atoms with Crippen molar-refractivity contribution in [2.75, 3.05) is 13.2 Å². The molecule has 4 heteroatoms. The average molecular weight is 264 g/mol. The monoisotopic (exact) mass is 264 g/mol. The minimum absolute atomic E-state index is 0.139. The number of rotatable bonds is 7. The molecule has 1 aromatic rings. The molecule has 0 aromatic heterocycles. The van der Waals surface area contributed by atoms with Crippen molar-refractivity contribution in [2.24, 2.45) is 0 Å². The van der Waals surface area contributed by atoms with E-state index >= 15 is 0 Å². The maximum Gasteiger partial charge on any atom is 0.302 e. The molecule has 4 nitrogen and oxygen atoms in total. The molecule has 0 aliphatic heterocycles. The van der Waals surface area contributed by atoms with E-state index in [1.165, 1.54) is 13.8 Å². The lowest BCUT2D eigenvalue weighted by Gasteiger charge is -2.17. The molecule has 1 rings (SSSR count). The molecule has 1 unspecified atom stereocenters. The van der Waals surface area contributed by atoms with Gasteiger partial charge in [0.15, 0.2) is 0 Å². The summed E-state index contributed by atoms with van der Waals surface area (Å²) >= 11 is 0. The minimum Gasteiger partial charge on any atom is -0.466 e. The van der Waals surface area contributed by atoms with Crippen LogP contribution in [-0.4, -0.2) is 25.2 Å². The normalized spacial score (nSPS) is 11.7. The van der Waals surface area contributed by atoms with Crippen LogP contribution in [0.25, 0.3) is 0 Å². The second-order valence-corrected chi connectivity index (χ2v) is 4.39. The van der Waals surface area contributed by atoms with Gasteiger partial charge in [-0.15, -0.1) is 0 Å². The third-order valence-corrected chi connectivity index (χ3v) is 2.76. The van der Waals surface area contributed by atoms with Gasteiger partial charge in [-0.05, 0) is 18.4 Å². The highest BCUT2D eigenvalue weighted by Gasteiger charge is 2.13. The van der Waals surface area contributed by atoms with Gasteiger partial charge in [-0.3, -0.25) is 9.59 Å². The number of esters is 2. The van der Waals surface area contributed by atoms with Crippen LogP contribution in [0.15, 0.2) is 30.3 Å². The van der Waals surface area contributed by atoms with E-state index in [-0.39, 0.29) is 17.9 Å². The molecule has 104 valence electrons. The number of carbonyl (C=O) groups excluding carboxylic acids is 2. The Hall–Kier alpha value is -1.84. The van der Waals surface area contributed by atoms with Crippen molar-refractivity contribution in [3.05, 3.63) is 35.9 Å². The molecular weight excluding hydrogens is 244 g/mol. The molecule has 1 atom stereocenters. The van der Waals surface area contributed by atoms with Crippen LogP contribution in [-0.2, 0) is 19.1 Å². The highest BCUT2D eigenvalue weighted by atomic mass is 16.5. The SMILES string of the molecule is CC(=O)OCCCC(COC(C)=O)c1ccccc1. The summed E-state index contributed by atoms with van der Waals surface area (Å²) in [5.74, 6) is -0.405. The molecule has 0 fully saturated rings. The summed E-state index contributed by atoms with van der Waals surface area (Å²) in [7, 11) is 0. The smallest absolute Gasteiger partial charge is 0.302 e. The summed E-state index contributed by atoms with van der Waals surface area (Å²) in [6.07, 6.45) is 1.56. The number of carbonyl (C=O) groups is 2. The van der Waals surface area contributed by atoms with Crippen LogP contribution in [0.4, 0.5) is 0 Å². The van der Waals surface area contributed by atoms with Gasteiger partial charge in [0.1, 0.15) is 0 Å². The minimum atomic E-state index is -0.277. The predicted octanol–water partition coefficient (Wildman–Crippen LogP) is 2.68. The summed E-state index contributed by atoms with van der Waals surface area (Å²) in [4.78, 5) is 21.6. The van der Waals surface area contributed by atoms with Gasteiger partial charge in [-0.1, -0.05) is 30.3 Å². The third kappa shape index (κ3) is 6.60. The molecular formula is C15H20O4. The van der Waals surface area contributed by atoms with E-state index in [0.717, 1.165) is 18.4 Å². The van der Waals surface area contributed by atoms with Crippen LogP contribution < -0.4 is 0 Å². The fourth-order valence-electron chi connectivity index (χ4n) is 1.84. The molecule has 0 amide bonds. The van der Waals surface area contributed by atoms with Crippen LogP contribution in [0, 0.1) is 0 Å². The van der Waals surface area contributed by atoms with Crippen molar-refractivity contribution in [1.82, 2.24) is 0 Å². The highest BCUT2D eigenvalue weighted by Crippen LogP contribution is 2.21. The number of benzene rings is 1. The van der Waals surface area contributed by atoms with Gasteiger partial charge in [-0.2, -0.15) is 0 Å². The Bertz CT molecular complexity index is 400. The van der Waals surface area contributed by atoms with E-state index < -0.39 is 0 Å². The third-order valence-electron chi connectivity index (χ3n) is 2.76. The molecule has 19 heavy (non-hydrogen) atoms. The van der Waals surface area contributed by atoms with Crippen LogP contribution in [0.5, 0.6) is 0 Å². The Balaban J connectivity index is 2.50. The standard InChI is InChI=1S/C15H20O4/c1-12(16)18-10-6-9-15(11-19-13(2)17)14-7-4-3-5-8-14/h3-5,7-8,15H,6,9-11H2,1-2H3. The van der Waals surface area contributed by atoms with Crippen molar-refractivity contribution in [3.8, 4) is 0 Å². The van der Waals surface area contributed by atoms with E-state index in [1.54, 1.807) is 0 Å². The Kier molecular flexibility index (Phi) is 6.64. The van der Waals surface area contributed by atoms with E-state index in [4.69, 9.17) is 9.47 Å². The second kappa shape index (κ2) is 8.29. The molecule has 1 aromatic carbocycles. The van der Waals surface area contributed by atoms with E-state index in [0.29, 0.717) is 13.2 Å². The first kappa shape index (κ1) is 15.2. The van der Waals surface area contributed by atoms with E-state index in [9.17, 15) is 9.59 Å². The van der Waals surface area contributed by atoms with Gasteiger partial charge in [-0.25, -0.2) is 0 Å². The van der Waals surface area contributed by atoms with Crippen molar-refractivity contribution in [2.45, 2.75) is 32.6 Å². The lowest BCUT2D eigenvalue weighted by Crippen LogP contribution is -2.12.